The molecule has 0 saturated carbocycles. The fourth-order valence-corrected chi connectivity index (χ4v) is 3.36. The van der Waals surface area contributed by atoms with E-state index < -0.39 is 34.7 Å². The van der Waals surface area contributed by atoms with Crippen molar-refractivity contribution in [3.63, 3.8) is 0 Å². The fourth-order valence-electron chi connectivity index (χ4n) is 2.75. The quantitative estimate of drug-likeness (QED) is 0.801. The number of amides is 2. The Balaban J connectivity index is 1.56. The van der Waals surface area contributed by atoms with Crippen molar-refractivity contribution in [1.29, 1.82) is 0 Å². The first kappa shape index (κ1) is 19.2. The van der Waals surface area contributed by atoms with Crippen LogP contribution in [0.15, 0.2) is 24.3 Å². The van der Waals surface area contributed by atoms with E-state index in [9.17, 15) is 27.2 Å². The molecule has 11 heteroatoms. The van der Waals surface area contributed by atoms with Gasteiger partial charge in [-0.15, -0.1) is 10.2 Å². The predicted molar refractivity (Wildman–Crippen MR) is 88.6 cm³/mol. The van der Waals surface area contributed by atoms with Gasteiger partial charge in [0.1, 0.15) is 5.82 Å². The largest absolute Gasteiger partial charge is 0.445 e. The molecule has 0 bridgehead atoms. The van der Waals surface area contributed by atoms with Gasteiger partial charge in [0.25, 0.3) is 5.91 Å². The third-order valence-electron chi connectivity index (χ3n) is 4.15. The second-order valence-corrected chi connectivity index (χ2v) is 6.92. The molecule has 1 aromatic carbocycles. The zero-order valence-electron chi connectivity index (χ0n) is 13.8. The summed E-state index contributed by atoms with van der Waals surface area (Å²) in [5.74, 6) is -2.02. The standard InChI is InChI=1S/C16H14F4N4O2S/c17-11-4-2-1-3-10(11)13(26)24-7-5-9(6-8-24)12(25)21-15-23-22-14(27-15)16(18,19)20/h1-4,9H,5-8H2,(H,21,23,25). The Kier molecular flexibility index (Phi) is 5.40. The Bertz CT molecular complexity index is 847. The van der Waals surface area contributed by atoms with Crippen LogP contribution < -0.4 is 5.32 Å². The van der Waals surface area contributed by atoms with Gasteiger partial charge in [0.05, 0.1) is 5.56 Å². The van der Waals surface area contributed by atoms with Crippen molar-refractivity contribution in [1.82, 2.24) is 15.1 Å². The van der Waals surface area contributed by atoms with Gasteiger partial charge in [0.2, 0.25) is 16.0 Å². The van der Waals surface area contributed by atoms with E-state index in [0.29, 0.717) is 12.8 Å². The van der Waals surface area contributed by atoms with Gasteiger partial charge in [-0.25, -0.2) is 4.39 Å². The van der Waals surface area contributed by atoms with Crippen LogP contribution in [0.2, 0.25) is 0 Å². The Morgan fingerprint density at radius 1 is 1.15 bits per heavy atom. The van der Waals surface area contributed by atoms with Crippen LogP contribution in [0.3, 0.4) is 0 Å². The summed E-state index contributed by atoms with van der Waals surface area (Å²) >= 11 is 0.251. The zero-order chi connectivity index (χ0) is 19.6. The van der Waals surface area contributed by atoms with E-state index in [1.54, 1.807) is 6.07 Å². The Labute approximate surface area is 155 Å². The van der Waals surface area contributed by atoms with Crippen molar-refractivity contribution in [2.75, 3.05) is 18.4 Å². The number of aromatic nitrogens is 2. The first-order valence-electron chi connectivity index (χ1n) is 8.01. The summed E-state index contributed by atoms with van der Waals surface area (Å²) in [7, 11) is 0. The van der Waals surface area contributed by atoms with Gasteiger partial charge in [0.15, 0.2) is 0 Å². The van der Waals surface area contributed by atoms with Crippen molar-refractivity contribution in [3.05, 3.63) is 40.7 Å². The fraction of sp³-hybridized carbons (Fsp3) is 0.375. The monoisotopic (exact) mass is 402 g/mol. The third-order valence-corrected chi connectivity index (χ3v) is 5.04. The Hall–Kier alpha value is -2.56. The summed E-state index contributed by atoms with van der Waals surface area (Å²) in [5, 5.41) is 7.29. The topological polar surface area (TPSA) is 75.2 Å². The van der Waals surface area contributed by atoms with E-state index in [1.165, 1.54) is 23.1 Å². The number of halogens is 4. The van der Waals surface area contributed by atoms with Crippen molar-refractivity contribution in [3.8, 4) is 0 Å². The number of hydrogen-bond acceptors (Lipinski definition) is 5. The lowest BCUT2D eigenvalue weighted by molar-refractivity contribution is -0.138. The van der Waals surface area contributed by atoms with E-state index in [0.717, 1.165) is 0 Å². The van der Waals surface area contributed by atoms with Gasteiger partial charge in [0, 0.05) is 19.0 Å². The molecule has 2 amide bonds. The molecule has 1 saturated heterocycles. The van der Waals surface area contributed by atoms with Crippen LogP contribution in [0, 0.1) is 11.7 Å². The molecule has 144 valence electrons. The molecule has 2 aromatic rings. The Morgan fingerprint density at radius 2 is 1.81 bits per heavy atom. The number of rotatable bonds is 3. The molecule has 0 spiro atoms. The maximum Gasteiger partial charge on any atom is 0.445 e. The highest BCUT2D eigenvalue weighted by atomic mass is 32.1. The maximum atomic E-state index is 13.7. The molecule has 3 rings (SSSR count). The van der Waals surface area contributed by atoms with Gasteiger partial charge in [-0.1, -0.05) is 23.5 Å². The third kappa shape index (κ3) is 4.41. The lowest BCUT2D eigenvalue weighted by Crippen LogP contribution is -2.41. The SMILES string of the molecule is O=C(Nc1nnc(C(F)(F)F)s1)C1CCN(C(=O)c2ccccc2F)CC1. The number of alkyl halides is 3. The molecule has 6 nitrogen and oxygen atoms in total. The smallest absolute Gasteiger partial charge is 0.339 e. The number of nitrogens with one attached hydrogen (secondary N) is 1. The minimum absolute atomic E-state index is 0.0334. The van der Waals surface area contributed by atoms with Gasteiger partial charge in [-0.2, -0.15) is 13.2 Å². The number of carbonyl (C=O) groups is 2. The van der Waals surface area contributed by atoms with Crippen LogP contribution >= 0.6 is 11.3 Å². The van der Waals surface area contributed by atoms with E-state index >= 15 is 0 Å². The predicted octanol–water partition coefficient (Wildman–Crippen LogP) is 3.19. The molecular weight excluding hydrogens is 388 g/mol. The number of nitrogens with zero attached hydrogens (tertiary/aromatic N) is 3. The second-order valence-electron chi connectivity index (χ2n) is 5.95. The van der Waals surface area contributed by atoms with Crippen LogP contribution in [-0.2, 0) is 11.0 Å². The van der Waals surface area contributed by atoms with Gasteiger partial charge >= 0.3 is 6.18 Å². The van der Waals surface area contributed by atoms with Gasteiger partial charge in [-0.05, 0) is 25.0 Å². The van der Waals surface area contributed by atoms with E-state index in [1.807, 2.05) is 0 Å². The number of piperidine rings is 1. The first-order chi connectivity index (χ1) is 12.8. The first-order valence-corrected chi connectivity index (χ1v) is 8.82. The van der Waals surface area contributed by atoms with Gasteiger partial charge in [-0.3, -0.25) is 9.59 Å². The molecule has 0 radical (unpaired) electrons. The molecule has 1 aromatic heterocycles. The Morgan fingerprint density at radius 3 is 2.41 bits per heavy atom. The molecule has 2 heterocycles. The molecular formula is C16H14F4N4O2S. The highest BCUT2D eigenvalue weighted by molar-refractivity contribution is 7.15. The molecule has 27 heavy (non-hydrogen) atoms. The van der Waals surface area contributed by atoms with Crippen LogP contribution in [0.25, 0.3) is 0 Å². The molecule has 1 fully saturated rings. The lowest BCUT2D eigenvalue weighted by Gasteiger charge is -2.31. The van der Waals surface area contributed by atoms with E-state index in [-0.39, 0.29) is 35.1 Å². The van der Waals surface area contributed by atoms with Crippen LogP contribution in [-0.4, -0.2) is 40.0 Å². The summed E-state index contributed by atoms with van der Waals surface area (Å²) in [6.45, 7) is 0.490. The molecule has 0 aliphatic carbocycles. The number of likely N-dealkylation sites (tertiary alicyclic amines) is 1. The number of carbonyl (C=O) groups excluding carboxylic acids is 2. The van der Waals surface area contributed by atoms with Crippen molar-refractivity contribution < 1.29 is 27.2 Å². The highest BCUT2D eigenvalue weighted by Gasteiger charge is 2.36. The molecule has 1 aliphatic rings. The minimum Gasteiger partial charge on any atom is -0.339 e. The summed E-state index contributed by atoms with van der Waals surface area (Å²) in [6.07, 6.45) is -3.98. The zero-order valence-corrected chi connectivity index (χ0v) is 14.6. The molecule has 1 aliphatic heterocycles. The van der Waals surface area contributed by atoms with Gasteiger partial charge < -0.3 is 10.2 Å². The minimum atomic E-state index is -4.61. The number of benzene rings is 1. The molecule has 0 atom stereocenters. The highest BCUT2D eigenvalue weighted by Crippen LogP contribution is 2.33. The van der Waals surface area contributed by atoms with Crippen molar-refractivity contribution in [2.45, 2.75) is 19.0 Å². The average molecular weight is 402 g/mol. The molecule has 1 N–H and O–H groups in total. The normalized spacial score (nSPS) is 15.6. The number of anilines is 1. The summed E-state index contributed by atoms with van der Waals surface area (Å²) in [4.78, 5) is 26.0. The number of hydrogen-bond donors (Lipinski definition) is 1. The molecule has 0 unspecified atom stereocenters. The van der Waals surface area contributed by atoms with E-state index in [2.05, 4.69) is 15.5 Å². The maximum absolute atomic E-state index is 13.7. The summed E-state index contributed by atoms with van der Waals surface area (Å²) in [5.41, 5.74) is -0.0334. The summed E-state index contributed by atoms with van der Waals surface area (Å²) in [6, 6.07) is 5.64. The summed E-state index contributed by atoms with van der Waals surface area (Å²) < 4.78 is 51.3. The van der Waals surface area contributed by atoms with Crippen LogP contribution in [0.1, 0.15) is 28.2 Å². The lowest BCUT2D eigenvalue weighted by atomic mass is 9.95. The van der Waals surface area contributed by atoms with Crippen molar-refractivity contribution in [2.24, 2.45) is 5.92 Å². The average Bonchev–Trinajstić information content (AvgIpc) is 3.10. The van der Waals surface area contributed by atoms with Crippen LogP contribution in [0.4, 0.5) is 22.7 Å². The van der Waals surface area contributed by atoms with E-state index in [4.69, 9.17) is 0 Å². The second kappa shape index (κ2) is 7.59. The van der Waals surface area contributed by atoms with Crippen LogP contribution in [0.5, 0.6) is 0 Å². The van der Waals surface area contributed by atoms with Crippen molar-refractivity contribution >= 4 is 28.3 Å².